The quantitative estimate of drug-likeness (QED) is 0.137. The average molecular weight is 827 g/mol. The van der Waals surface area contributed by atoms with Gasteiger partial charge in [0.1, 0.15) is 0 Å². The zero-order valence-electron chi connectivity index (χ0n) is 34.0. The molecule has 0 unspecified atom stereocenters. The lowest BCUT2D eigenvalue weighted by molar-refractivity contribution is 1.26. The first-order valence-corrected chi connectivity index (χ1v) is 21.7. The molecule has 0 saturated heterocycles. The number of thiophene rings is 1. The van der Waals surface area contributed by atoms with Crippen molar-refractivity contribution < 1.29 is 0 Å². The number of hydrogen-bond acceptors (Lipinski definition) is 7. The Morgan fingerprint density at radius 3 is 0.921 bits per heavy atom. The fourth-order valence-electron chi connectivity index (χ4n) is 8.14. The van der Waals surface area contributed by atoms with Gasteiger partial charge in [0.15, 0.2) is 0 Å². The molecule has 11 rings (SSSR count). The number of hydrogen-bond donors (Lipinski definition) is 0. The standard InChI is InChI=1S/C56H38N6S/c1-3-7-39(8-4-1)41-11-19-45(20-12-41)61(49-27-29-51-53(37-49)59-35-33-57-51)47-23-15-43(16-24-47)55-31-32-56(63-55)44-17-25-48(26-18-44)62(50-28-30-52-54(38-50)60-36-34-58-52)46-21-13-42(14-22-46)40-9-5-2-6-10-40/h1-38H. The summed E-state index contributed by atoms with van der Waals surface area (Å²) in [7, 11) is 0. The third kappa shape index (κ3) is 7.69. The van der Waals surface area contributed by atoms with E-state index < -0.39 is 0 Å². The molecule has 0 atom stereocenters. The summed E-state index contributed by atoms with van der Waals surface area (Å²) in [6.07, 6.45) is 6.95. The molecule has 0 bridgehead atoms. The van der Waals surface area contributed by atoms with Gasteiger partial charge in [-0.3, -0.25) is 19.9 Å². The van der Waals surface area contributed by atoms with E-state index in [9.17, 15) is 0 Å². The Labute approximate surface area is 369 Å². The van der Waals surface area contributed by atoms with E-state index >= 15 is 0 Å². The van der Waals surface area contributed by atoms with Crippen LogP contribution >= 0.6 is 11.3 Å². The van der Waals surface area contributed by atoms with Gasteiger partial charge in [0.2, 0.25) is 0 Å². The van der Waals surface area contributed by atoms with Crippen molar-refractivity contribution in [2.75, 3.05) is 9.80 Å². The lowest BCUT2D eigenvalue weighted by Crippen LogP contribution is -2.10. The summed E-state index contributed by atoms with van der Waals surface area (Å²) in [6.45, 7) is 0. The van der Waals surface area contributed by atoms with Crippen LogP contribution in [0, 0.1) is 0 Å². The monoisotopic (exact) mass is 826 g/mol. The molecular formula is C56H38N6S. The van der Waals surface area contributed by atoms with Crippen molar-refractivity contribution in [3.8, 4) is 43.1 Å². The molecule has 298 valence electrons. The Kier molecular flexibility index (Phi) is 9.97. The molecule has 0 spiro atoms. The van der Waals surface area contributed by atoms with E-state index in [0.29, 0.717) is 0 Å². The number of aromatic nitrogens is 4. The molecule has 0 N–H and O–H groups in total. The van der Waals surface area contributed by atoms with Crippen molar-refractivity contribution in [1.29, 1.82) is 0 Å². The topological polar surface area (TPSA) is 58.0 Å². The van der Waals surface area contributed by atoms with E-state index in [1.54, 1.807) is 36.1 Å². The van der Waals surface area contributed by atoms with E-state index in [-0.39, 0.29) is 0 Å². The number of nitrogens with zero attached hydrogens (tertiary/aromatic N) is 6. The van der Waals surface area contributed by atoms with Crippen molar-refractivity contribution >= 4 is 67.5 Å². The maximum Gasteiger partial charge on any atom is 0.0907 e. The summed E-state index contributed by atoms with van der Waals surface area (Å²) >= 11 is 1.80. The molecule has 0 aliphatic carbocycles. The Hall–Kier alpha value is -8.26. The summed E-state index contributed by atoms with van der Waals surface area (Å²) in [4.78, 5) is 25.2. The molecule has 11 aromatic rings. The van der Waals surface area contributed by atoms with Crippen LogP contribution < -0.4 is 9.80 Å². The predicted octanol–water partition coefficient (Wildman–Crippen LogP) is 15.2. The SMILES string of the molecule is c1ccc(-c2ccc(N(c3ccc(-c4ccc(-c5ccc(N(c6ccc(-c7ccccc7)cc6)c6ccc7nccnc7c6)cc5)s4)cc3)c3ccc4nccnc4c3)cc2)cc1. The summed E-state index contributed by atoms with van der Waals surface area (Å²) in [5.74, 6) is 0. The average Bonchev–Trinajstić information content (AvgIpc) is 3.86. The highest BCUT2D eigenvalue weighted by molar-refractivity contribution is 7.18. The van der Waals surface area contributed by atoms with Crippen molar-refractivity contribution in [3.05, 3.63) is 231 Å². The highest BCUT2D eigenvalue weighted by Crippen LogP contribution is 2.42. The zero-order chi connectivity index (χ0) is 42.0. The largest absolute Gasteiger partial charge is 0.310 e. The van der Waals surface area contributed by atoms with Crippen molar-refractivity contribution in [1.82, 2.24) is 19.9 Å². The maximum atomic E-state index is 4.62. The first-order chi connectivity index (χ1) is 31.2. The lowest BCUT2D eigenvalue weighted by Gasteiger charge is -2.26. The first-order valence-electron chi connectivity index (χ1n) is 20.8. The predicted molar refractivity (Wildman–Crippen MR) is 262 cm³/mol. The third-order valence-electron chi connectivity index (χ3n) is 11.3. The second-order valence-corrected chi connectivity index (χ2v) is 16.3. The minimum Gasteiger partial charge on any atom is -0.310 e. The van der Waals surface area contributed by atoms with E-state index in [2.05, 4.69) is 212 Å². The highest BCUT2D eigenvalue weighted by Gasteiger charge is 2.17. The highest BCUT2D eigenvalue weighted by atomic mass is 32.1. The second-order valence-electron chi connectivity index (χ2n) is 15.2. The van der Waals surface area contributed by atoms with E-state index in [0.717, 1.165) is 56.2 Å². The second kappa shape index (κ2) is 16.7. The van der Waals surface area contributed by atoms with Crippen LogP contribution in [0.2, 0.25) is 0 Å². The van der Waals surface area contributed by atoms with Gasteiger partial charge in [0.25, 0.3) is 0 Å². The third-order valence-corrected chi connectivity index (χ3v) is 12.5. The van der Waals surface area contributed by atoms with Gasteiger partial charge >= 0.3 is 0 Å². The van der Waals surface area contributed by atoms with E-state index in [1.165, 1.54) is 43.1 Å². The number of fused-ring (bicyclic) bond motifs is 2. The van der Waals surface area contributed by atoms with Crippen LogP contribution in [0.4, 0.5) is 34.1 Å². The minimum atomic E-state index is 0.852. The number of anilines is 6. The maximum absolute atomic E-state index is 4.62. The Balaban J connectivity index is 0.884. The van der Waals surface area contributed by atoms with Gasteiger partial charge in [-0.15, -0.1) is 11.3 Å². The van der Waals surface area contributed by atoms with Gasteiger partial charge in [-0.2, -0.15) is 0 Å². The molecule has 8 aromatic carbocycles. The van der Waals surface area contributed by atoms with Crippen LogP contribution in [-0.4, -0.2) is 19.9 Å². The van der Waals surface area contributed by atoms with Crippen LogP contribution in [0.1, 0.15) is 0 Å². The Morgan fingerprint density at radius 2 is 0.556 bits per heavy atom. The molecule has 0 fully saturated rings. The minimum absolute atomic E-state index is 0.852. The molecule has 0 radical (unpaired) electrons. The summed E-state index contributed by atoms with van der Waals surface area (Å²) in [5.41, 5.74) is 16.8. The Morgan fingerprint density at radius 1 is 0.254 bits per heavy atom. The summed E-state index contributed by atoms with van der Waals surface area (Å²) in [6, 6.07) is 73.1. The van der Waals surface area contributed by atoms with Crippen LogP contribution in [0.25, 0.3) is 65.2 Å². The summed E-state index contributed by atoms with van der Waals surface area (Å²) in [5, 5.41) is 0. The molecular weight excluding hydrogens is 789 g/mol. The smallest absolute Gasteiger partial charge is 0.0907 e. The van der Waals surface area contributed by atoms with Crippen LogP contribution in [0.15, 0.2) is 231 Å². The molecule has 0 saturated carbocycles. The van der Waals surface area contributed by atoms with Gasteiger partial charge < -0.3 is 9.80 Å². The lowest BCUT2D eigenvalue weighted by atomic mass is 10.0. The van der Waals surface area contributed by atoms with Crippen LogP contribution in [-0.2, 0) is 0 Å². The molecule has 0 aliphatic heterocycles. The Bertz CT molecular complexity index is 3090. The van der Waals surface area contributed by atoms with Crippen LogP contribution in [0.5, 0.6) is 0 Å². The normalized spacial score (nSPS) is 11.2. The van der Waals surface area contributed by atoms with Crippen molar-refractivity contribution in [3.63, 3.8) is 0 Å². The fraction of sp³-hybridized carbons (Fsp3) is 0. The zero-order valence-corrected chi connectivity index (χ0v) is 34.8. The van der Waals surface area contributed by atoms with Crippen molar-refractivity contribution in [2.24, 2.45) is 0 Å². The molecule has 3 heterocycles. The molecule has 0 aliphatic rings. The van der Waals surface area contributed by atoms with Crippen molar-refractivity contribution in [2.45, 2.75) is 0 Å². The number of rotatable bonds is 10. The van der Waals surface area contributed by atoms with Crippen LogP contribution in [0.3, 0.4) is 0 Å². The van der Waals surface area contributed by atoms with E-state index in [1.807, 2.05) is 24.3 Å². The number of benzene rings is 8. The first kappa shape index (κ1) is 37.7. The van der Waals surface area contributed by atoms with E-state index in [4.69, 9.17) is 0 Å². The molecule has 6 nitrogen and oxygen atoms in total. The van der Waals surface area contributed by atoms with Gasteiger partial charge in [-0.25, -0.2) is 0 Å². The van der Waals surface area contributed by atoms with Gasteiger partial charge in [0.05, 0.1) is 22.1 Å². The molecule has 3 aromatic heterocycles. The molecule has 0 amide bonds. The molecule has 63 heavy (non-hydrogen) atoms. The van der Waals surface area contributed by atoms with Gasteiger partial charge in [-0.05, 0) is 130 Å². The van der Waals surface area contributed by atoms with Gasteiger partial charge in [0, 0.05) is 68.7 Å². The van der Waals surface area contributed by atoms with Gasteiger partial charge in [-0.1, -0.05) is 109 Å². The summed E-state index contributed by atoms with van der Waals surface area (Å²) < 4.78 is 0. The fourth-order valence-corrected chi connectivity index (χ4v) is 9.16. The molecule has 7 heteroatoms.